The van der Waals surface area contributed by atoms with Crippen LogP contribution >= 0.6 is 0 Å². The first-order chi connectivity index (χ1) is 16.1. The second-order valence-electron chi connectivity index (χ2n) is 10.4. The molecule has 4 heteroatoms. The summed E-state index contributed by atoms with van der Waals surface area (Å²) in [6.45, 7) is 12.5. The first-order valence-electron chi connectivity index (χ1n) is 11.6. The summed E-state index contributed by atoms with van der Waals surface area (Å²) < 4.78 is 6.10. The van der Waals surface area contributed by atoms with Crippen LogP contribution in [-0.4, -0.2) is 5.91 Å². The topological polar surface area (TPSA) is 50.5 Å². The second kappa shape index (κ2) is 7.69. The Morgan fingerprint density at radius 1 is 0.824 bits per heavy atom. The molecule has 0 fully saturated rings. The number of hydrogen-bond donors (Lipinski definition) is 0. The highest BCUT2D eigenvalue weighted by atomic mass is 16.3. The molecule has 1 aromatic heterocycles. The van der Waals surface area contributed by atoms with Crippen LogP contribution in [0.4, 0.5) is 5.69 Å². The van der Waals surface area contributed by atoms with E-state index in [1.165, 1.54) is 5.56 Å². The zero-order valence-corrected chi connectivity index (χ0v) is 20.5. The Hall–Kier alpha value is -3.66. The molecule has 1 aliphatic heterocycles. The lowest BCUT2D eigenvalue weighted by atomic mass is 9.85. The number of amides is 1. The van der Waals surface area contributed by atoms with Gasteiger partial charge >= 0.3 is 0 Å². The van der Waals surface area contributed by atoms with Crippen LogP contribution in [-0.2, 0) is 5.41 Å². The molecular weight excluding hydrogens is 422 g/mol. The lowest BCUT2D eigenvalue weighted by molar-refractivity contribution is 0.0971. The third-order valence-corrected chi connectivity index (χ3v) is 6.89. The fourth-order valence-electron chi connectivity index (χ4n) is 4.71. The molecule has 0 saturated heterocycles. The van der Waals surface area contributed by atoms with Crippen LogP contribution in [0.3, 0.4) is 0 Å². The van der Waals surface area contributed by atoms with Crippen molar-refractivity contribution in [3.8, 4) is 0 Å². The average Bonchev–Trinajstić information content (AvgIpc) is 3.08. The smallest absolute Gasteiger partial charge is 0.295 e. The largest absolute Gasteiger partial charge is 0.450 e. The highest BCUT2D eigenvalue weighted by Crippen LogP contribution is 2.42. The molecule has 172 valence electrons. The van der Waals surface area contributed by atoms with E-state index in [1.807, 2.05) is 63.2 Å². The summed E-state index contributed by atoms with van der Waals surface area (Å²) in [7, 11) is 0. The molecule has 1 atom stereocenters. The lowest BCUT2D eigenvalue weighted by Gasteiger charge is -2.27. The van der Waals surface area contributed by atoms with Gasteiger partial charge in [-0.15, -0.1) is 0 Å². The minimum Gasteiger partial charge on any atom is -0.450 e. The van der Waals surface area contributed by atoms with Crippen LogP contribution < -0.4 is 10.3 Å². The van der Waals surface area contributed by atoms with Gasteiger partial charge in [0.2, 0.25) is 5.76 Å². The highest BCUT2D eigenvalue weighted by Gasteiger charge is 2.43. The lowest BCUT2D eigenvalue weighted by Crippen LogP contribution is -2.29. The van der Waals surface area contributed by atoms with E-state index in [2.05, 4.69) is 32.9 Å². The third-order valence-electron chi connectivity index (χ3n) is 6.89. The normalized spacial score (nSPS) is 15.8. The predicted octanol–water partition coefficient (Wildman–Crippen LogP) is 6.77. The summed E-state index contributed by atoms with van der Waals surface area (Å²) >= 11 is 0. The summed E-state index contributed by atoms with van der Waals surface area (Å²) in [6, 6.07) is 19.1. The van der Waals surface area contributed by atoms with Gasteiger partial charge in [0.05, 0.1) is 17.0 Å². The van der Waals surface area contributed by atoms with Gasteiger partial charge in [0.25, 0.3) is 5.91 Å². The number of carbonyl (C=O) groups excluding carboxylic acids is 1. The quantitative estimate of drug-likeness (QED) is 0.338. The number of anilines is 1. The summed E-state index contributed by atoms with van der Waals surface area (Å²) in [4.78, 5) is 29.3. The molecule has 0 saturated carbocycles. The van der Waals surface area contributed by atoms with Gasteiger partial charge in [0, 0.05) is 5.69 Å². The molecule has 4 nitrogen and oxygen atoms in total. The van der Waals surface area contributed by atoms with E-state index >= 15 is 0 Å². The van der Waals surface area contributed by atoms with Crippen LogP contribution in [0, 0.1) is 20.8 Å². The number of rotatable bonds is 2. The molecule has 4 aromatic rings. The molecule has 34 heavy (non-hydrogen) atoms. The van der Waals surface area contributed by atoms with Gasteiger partial charge < -0.3 is 4.42 Å². The second-order valence-corrected chi connectivity index (χ2v) is 10.4. The molecule has 0 bridgehead atoms. The summed E-state index contributed by atoms with van der Waals surface area (Å²) in [6.07, 6.45) is 0. The minimum absolute atomic E-state index is 0.00243. The Kier molecular flexibility index (Phi) is 5.01. The van der Waals surface area contributed by atoms with Gasteiger partial charge in [-0.2, -0.15) is 0 Å². The van der Waals surface area contributed by atoms with Crippen molar-refractivity contribution in [1.82, 2.24) is 0 Å². The van der Waals surface area contributed by atoms with Gasteiger partial charge in [-0.1, -0.05) is 62.7 Å². The SMILES string of the molecule is Cc1ccc2oc3c(c(=O)c2c1)C(c1ccc(C(C)(C)C)cc1)N(c1ccc(C)c(C)c1)C3=O. The molecule has 0 aliphatic carbocycles. The number of fused-ring (bicyclic) bond motifs is 2. The molecule has 0 radical (unpaired) electrons. The Bertz CT molecular complexity index is 1500. The Morgan fingerprint density at radius 2 is 1.53 bits per heavy atom. The molecule has 2 heterocycles. The van der Waals surface area contributed by atoms with E-state index in [9.17, 15) is 9.59 Å². The van der Waals surface area contributed by atoms with Crippen molar-refractivity contribution >= 4 is 22.6 Å². The third kappa shape index (κ3) is 3.45. The first kappa shape index (κ1) is 22.1. The van der Waals surface area contributed by atoms with Crippen molar-refractivity contribution in [2.75, 3.05) is 4.90 Å². The van der Waals surface area contributed by atoms with Crippen LogP contribution in [0.2, 0.25) is 0 Å². The molecule has 1 aliphatic rings. The van der Waals surface area contributed by atoms with Gasteiger partial charge in [-0.05, 0) is 72.7 Å². The van der Waals surface area contributed by atoms with Crippen molar-refractivity contribution in [2.45, 2.75) is 53.0 Å². The minimum atomic E-state index is -0.556. The molecule has 1 amide bonds. The first-order valence-corrected chi connectivity index (χ1v) is 11.6. The molecule has 3 aromatic carbocycles. The molecule has 5 rings (SSSR count). The molecule has 0 N–H and O–H groups in total. The van der Waals surface area contributed by atoms with E-state index in [1.54, 1.807) is 11.0 Å². The Labute approximate surface area is 199 Å². The number of carbonyl (C=O) groups is 1. The van der Waals surface area contributed by atoms with Gasteiger partial charge in [0.15, 0.2) is 5.43 Å². The van der Waals surface area contributed by atoms with E-state index < -0.39 is 6.04 Å². The zero-order valence-electron chi connectivity index (χ0n) is 20.5. The number of nitrogens with zero attached hydrogens (tertiary/aromatic N) is 1. The van der Waals surface area contributed by atoms with Crippen molar-refractivity contribution in [2.24, 2.45) is 0 Å². The van der Waals surface area contributed by atoms with E-state index in [4.69, 9.17) is 4.42 Å². The van der Waals surface area contributed by atoms with Crippen molar-refractivity contribution < 1.29 is 9.21 Å². The van der Waals surface area contributed by atoms with E-state index in [0.29, 0.717) is 16.5 Å². The monoisotopic (exact) mass is 451 g/mol. The average molecular weight is 452 g/mol. The summed E-state index contributed by atoms with van der Waals surface area (Å²) in [5, 5.41) is 0.504. The zero-order chi connectivity index (χ0) is 24.4. The number of hydrogen-bond acceptors (Lipinski definition) is 3. The standard InChI is InChI=1S/C30H29NO3/c1-17-7-14-24-23(15-17)27(32)25-26(20-9-11-21(12-10-20)30(4,5)6)31(29(33)28(25)34-24)22-13-8-18(2)19(3)16-22/h7-16,26H,1-6H3. The molecular formula is C30H29NO3. The van der Waals surface area contributed by atoms with Crippen molar-refractivity contribution in [1.29, 1.82) is 0 Å². The fourth-order valence-corrected chi connectivity index (χ4v) is 4.71. The number of aryl methyl sites for hydroxylation is 3. The van der Waals surface area contributed by atoms with Crippen LogP contribution in [0.5, 0.6) is 0 Å². The maximum atomic E-state index is 13.8. The van der Waals surface area contributed by atoms with Gasteiger partial charge in [-0.25, -0.2) is 0 Å². The predicted molar refractivity (Wildman–Crippen MR) is 137 cm³/mol. The van der Waals surface area contributed by atoms with Gasteiger partial charge in [-0.3, -0.25) is 14.5 Å². The van der Waals surface area contributed by atoms with Crippen molar-refractivity contribution in [3.05, 3.63) is 110 Å². The molecule has 0 spiro atoms. The summed E-state index contributed by atoms with van der Waals surface area (Å²) in [5.41, 5.74) is 6.74. The Morgan fingerprint density at radius 3 is 2.18 bits per heavy atom. The Balaban J connectivity index is 1.78. The van der Waals surface area contributed by atoms with Crippen LogP contribution in [0.25, 0.3) is 11.0 Å². The van der Waals surface area contributed by atoms with E-state index in [0.717, 1.165) is 27.9 Å². The highest BCUT2D eigenvalue weighted by molar-refractivity contribution is 6.10. The maximum Gasteiger partial charge on any atom is 0.295 e. The summed E-state index contributed by atoms with van der Waals surface area (Å²) in [5.74, 6) is -0.160. The number of benzene rings is 3. The van der Waals surface area contributed by atoms with Crippen molar-refractivity contribution in [3.63, 3.8) is 0 Å². The van der Waals surface area contributed by atoms with Crippen LogP contribution in [0.15, 0.2) is 69.9 Å². The van der Waals surface area contributed by atoms with Crippen LogP contribution in [0.1, 0.15) is 70.7 Å². The van der Waals surface area contributed by atoms with E-state index in [-0.39, 0.29) is 22.5 Å². The van der Waals surface area contributed by atoms with Gasteiger partial charge in [0.1, 0.15) is 5.58 Å². The maximum absolute atomic E-state index is 13.8. The fraction of sp³-hybridized carbons (Fsp3) is 0.267. The molecule has 1 unspecified atom stereocenters.